The second kappa shape index (κ2) is 9.43. The molecule has 1 aliphatic rings. The molecular weight excluding hydrogens is 390 g/mol. The fourth-order valence-electron chi connectivity index (χ4n) is 3.65. The Balaban J connectivity index is 1.42. The lowest BCUT2D eigenvalue weighted by Gasteiger charge is -2.17. The largest absolute Gasteiger partial charge is 0.464 e. The lowest BCUT2D eigenvalue weighted by Crippen LogP contribution is -2.41. The number of rotatable bonds is 8. The number of carbonyl (C=O) groups is 2. The predicted molar refractivity (Wildman–Crippen MR) is 121 cm³/mol. The van der Waals surface area contributed by atoms with E-state index in [1.165, 1.54) is 0 Å². The molecule has 2 heterocycles. The average Bonchev–Trinajstić information content (AvgIpc) is 3.43. The van der Waals surface area contributed by atoms with Gasteiger partial charge in [0.2, 0.25) is 11.8 Å². The van der Waals surface area contributed by atoms with E-state index in [0.717, 1.165) is 33.4 Å². The molecule has 0 spiro atoms. The Kier molecular flexibility index (Phi) is 6.26. The number of hydrogen-bond acceptors (Lipinski definition) is 4. The summed E-state index contributed by atoms with van der Waals surface area (Å²) >= 11 is 0. The Morgan fingerprint density at radius 1 is 1.00 bits per heavy atom. The van der Waals surface area contributed by atoms with Crippen LogP contribution in [0.2, 0.25) is 0 Å². The van der Waals surface area contributed by atoms with Crippen molar-refractivity contribution in [1.29, 1.82) is 0 Å². The molecule has 2 N–H and O–H groups in total. The summed E-state index contributed by atoms with van der Waals surface area (Å²) in [5.41, 5.74) is 4.66. The molecule has 31 heavy (non-hydrogen) atoms. The van der Waals surface area contributed by atoms with Crippen molar-refractivity contribution in [3.8, 4) is 0 Å². The minimum Gasteiger partial charge on any atom is -0.464 e. The maximum Gasteiger partial charge on any atom is 0.233 e. The summed E-state index contributed by atoms with van der Waals surface area (Å²) in [7, 11) is 0. The van der Waals surface area contributed by atoms with Crippen LogP contribution in [-0.4, -0.2) is 24.1 Å². The molecule has 3 aromatic rings. The number of hydrogen-bond donors (Lipinski definition) is 2. The Labute approximate surface area is 181 Å². The molecule has 4 rings (SSSR count). The maximum atomic E-state index is 13.0. The molecule has 1 unspecified atom stereocenters. The second-order valence-corrected chi connectivity index (χ2v) is 7.73. The molecule has 1 atom stereocenters. The Morgan fingerprint density at radius 3 is 2.45 bits per heavy atom. The molecule has 2 amide bonds. The fourth-order valence-corrected chi connectivity index (χ4v) is 3.65. The number of amides is 2. The zero-order chi connectivity index (χ0) is 21.6. The molecule has 0 saturated carbocycles. The van der Waals surface area contributed by atoms with Crippen molar-refractivity contribution in [2.45, 2.75) is 26.4 Å². The molecule has 1 aliphatic heterocycles. The minimum absolute atomic E-state index is 0.280. The van der Waals surface area contributed by atoms with E-state index in [2.05, 4.69) is 15.6 Å². The standard InChI is InChI=1S/C25H25N3O3/c1-17-11-20(16-26-17)13-22(24(29)27-14-18-5-3-2-4-6-18)25(30)28-15-19-7-8-23-21(12-19)9-10-31-23/h2-12,22H,13-16H2,1H3,(H,27,29)(H,28,30). The Bertz CT molecular complexity index is 1150. The molecule has 0 bridgehead atoms. The van der Waals surface area contributed by atoms with E-state index in [0.29, 0.717) is 26.1 Å². The molecule has 0 aliphatic carbocycles. The summed E-state index contributed by atoms with van der Waals surface area (Å²) in [6.07, 6.45) is 3.95. The predicted octanol–water partition coefficient (Wildman–Crippen LogP) is 3.77. The minimum atomic E-state index is -0.811. The summed E-state index contributed by atoms with van der Waals surface area (Å²) in [5.74, 6) is -1.38. The van der Waals surface area contributed by atoms with E-state index in [9.17, 15) is 9.59 Å². The first-order valence-corrected chi connectivity index (χ1v) is 10.3. The summed E-state index contributed by atoms with van der Waals surface area (Å²) in [5, 5.41) is 6.81. The van der Waals surface area contributed by atoms with Crippen LogP contribution in [0.3, 0.4) is 0 Å². The lowest BCUT2D eigenvalue weighted by atomic mass is 9.97. The number of nitrogens with one attached hydrogen (secondary N) is 2. The van der Waals surface area contributed by atoms with E-state index < -0.39 is 5.92 Å². The zero-order valence-electron chi connectivity index (χ0n) is 17.4. The normalized spacial score (nSPS) is 14.1. The number of carbonyl (C=O) groups excluding carboxylic acids is 2. The molecule has 0 radical (unpaired) electrons. The SMILES string of the molecule is CC1=NCC(CC(C(=O)NCc2ccccc2)C(=O)NCc2ccc3occc3c2)=C1. The Morgan fingerprint density at radius 2 is 1.74 bits per heavy atom. The number of nitrogens with zero attached hydrogens (tertiary/aromatic N) is 1. The first-order valence-electron chi connectivity index (χ1n) is 10.3. The number of fused-ring (bicyclic) bond motifs is 1. The third-order valence-electron chi connectivity index (χ3n) is 5.34. The van der Waals surface area contributed by atoms with E-state index in [4.69, 9.17) is 4.42 Å². The highest BCUT2D eigenvalue weighted by Gasteiger charge is 2.28. The van der Waals surface area contributed by atoms with E-state index in [1.54, 1.807) is 6.26 Å². The van der Waals surface area contributed by atoms with Gasteiger partial charge in [-0.3, -0.25) is 14.6 Å². The monoisotopic (exact) mass is 415 g/mol. The zero-order valence-corrected chi connectivity index (χ0v) is 17.4. The fraction of sp³-hybridized carbons (Fsp3) is 0.240. The van der Waals surface area contributed by atoms with Gasteiger partial charge in [0.15, 0.2) is 0 Å². The van der Waals surface area contributed by atoms with E-state index in [1.807, 2.05) is 67.6 Å². The second-order valence-electron chi connectivity index (χ2n) is 7.73. The molecule has 0 saturated heterocycles. The number of allylic oxidation sites excluding steroid dienone is 1. The first kappa shape index (κ1) is 20.6. The van der Waals surface area contributed by atoms with Crippen molar-refractivity contribution in [2.24, 2.45) is 10.9 Å². The van der Waals surface area contributed by atoms with Crippen LogP contribution in [0.4, 0.5) is 0 Å². The van der Waals surface area contributed by atoms with Crippen molar-refractivity contribution >= 4 is 28.5 Å². The molecule has 0 fully saturated rings. The van der Waals surface area contributed by atoms with Gasteiger partial charge in [-0.15, -0.1) is 0 Å². The molecule has 2 aromatic carbocycles. The quantitative estimate of drug-likeness (QED) is 0.549. The van der Waals surface area contributed by atoms with Gasteiger partial charge >= 0.3 is 0 Å². The maximum absolute atomic E-state index is 13.0. The molecule has 6 nitrogen and oxygen atoms in total. The van der Waals surface area contributed by atoms with Gasteiger partial charge in [0.1, 0.15) is 11.5 Å². The highest BCUT2D eigenvalue weighted by molar-refractivity contribution is 6.01. The van der Waals surface area contributed by atoms with Crippen molar-refractivity contribution in [2.75, 3.05) is 6.54 Å². The number of furan rings is 1. The van der Waals surface area contributed by atoms with Gasteiger partial charge in [0.05, 0.1) is 12.8 Å². The van der Waals surface area contributed by atoms with Gasteiger partial charge < -0.3 is 15.1 Å². The van der Waals surface area contributed by atoms with Gasteiger partial charge in [0.25, 0.3) is 0 Å². The van der Waals surface area contributed by atoms with Crippen LogP contribution in [0.1, 0.15) is 24.5 Å². The smallest absolute Gasteiger partial charge is 0.233 e. The van der Waals surface area contributed by atoms with Gasteiger partial charge in [-0.25, -0.2) is 0 Å². The van der Waals surface area contributed by atoms with Crippen molar-refractivity contribution < 1.29 is 14.0 Å². The van der Waals surface area contributed by atoms with Crippen molar-refractivity contribution in [3.63, 3.8) is 0 Å². The molecular formula is C25H25N3O3. The number of aliphatic imine (C=N–C) groups is 1. The highest BCUT2D eigenvalue weighted by Crippen LogP contribution is 2.19. The van der Waals surface area contributed by atoms with Crippen LogP contribution in [0.5, 0.6) is 0 Å². The van der Waals surface area contributed by atoms with E-state index in [-0.39, 0.29) is 11.8 Å². The van der Waals surface area contributed by atoms with Crippen LogP contribution in [-0.2, 0) is 22.7 Å². The van der Waals surface area contributed by atoms with Crippen LogP contribution in [0, 0.1) is 5.92 Å². The van der Waals surface area contributed by atoms with Crippen LogP contribution < -0.4 is 10.6 Å². The highest BCUT2D eigenvalue weighted by atomic mass is 16.3. The van der Waals surface area contributed by atoms with Gasteiger partial charge in [0, 0.05) is 24.2 Å². The summed E-state index contributed by atoms with van der Waals surface area (Å²) in [4.78, 5) is 30.3. The summed E-state index contributed by atoms with van der Waals surface area (Å²) in [6.45, 7) is 3.19. The van der Waals surface area contributed by atoms with Gasteiger partial charge in [-0.1, -0.05) is 36.4 Å². The third kappa shape index (κ3) is 5.28. The van der Waals surface area contributed by atoms with Gasteiger partial charge in [-0.05, 0) is 54.3 Å². The Hall–Kier alpha value is -3.67. The van der Waals surface area contributed by atoms with Crippen LogP contribution >= 0.6 is 0 Å². The summed E-state index contributed by atoms with van der Waals surface area (Å²) in [6, 6.07) is 17.3. The molecule has 1 aromatic heterocycles. The third-order valence-corrected chi connectivity index (χ3v) is 5.34. The van der Waals surface area contributed by atoms with Gasteiger partial charge in [-0.2, -0.15) is 0 Å². The number of benzene rings is 2. The van der Waals surface area contributed by atoms with E-state index >= 15 is 0 Å². The summed E-state index contributed by atoms with van der Waals surface area (Å²) < 4.78 is 5.36. The van der Waals surface area contributed by atoms with Crippen molar-refractivity contribution in [1.82, 2.24) is 10.6 Å². The molecule has 158 valence electrons. The van der Waals surface area contributed by atoms with Crippen LogP contribution in [0.25, 0.3) is 11.0 Å². The first-order chi connectivity index (χ1) is 15.1. The van der Waals surface area contributed by atoms with Crippen molar-refractivity contribution in [3.05, 3.63) is 83.6 Å². The topological polar surface area (TPSA) is 83.7 Å². The average molecular weight is 415 g/mol. The van der Waals surface area contributed by atoms with Crippen LogP contribution in [0.15, 0.2) is 81.9 Å². The lowest BCUT2D eigenvalue weighted by molar-refractivity contribution is -0.135. The molecule has 6 heteroatoms.